The molecule has 0 saturated carbocycles. The van der Waals surface area contributed by atoms with Crippen LogP contribution in [0.2, 0.25) is 0 Å². The third kappa shape index (κ3) is 1.86. The first-order valence-electron chi connectivity index (χ1n) is 3.93. The predicted octanol–water partition coefficient (Wildman–Crippen LogP) is -0.518. The highest BCUT2D eigenvalue weighted by atomic mass is 16.4. The summed E-state index contributed by atoms with van der Waals surface area (Å²) < 4.78 is 0. The summed E-state index contributed by atoms with van der Waals surface area (Å²) in [6, 6.07) is -0.342. The molecule has 0 aromatic carbocycles. The molecule has 1 amide bonds. The fraction of sp³-hybridized carbons (Fsp3) is 0.857. The van der Waals surface area contributed by atoms with Crippen LogP contribution in [0, 0.1) is 0 Å². The molecule has 1 rings (SSSR count). The summed E-state index contributed by atoms with van der Waals surface area (Å²) in [6.45, 7) is -0.0560. The van der Waals surface area contributed by atoms with Crippen molar-refractivity contribution in [2.24, 2.45) is 0 Å². The molecule has 1 fully saturated rings. The zero-order chi connectivity index (χ0) is 9.14. The van der Waals surface area contributed by atoms with Gasteiger partial charge < -0.3 is 20.2 Å². The second kappa shape index (κ2) is 3.73. The van der Waals surface area contributed by atoms with Gasteiger partial charge in [-0.2, -0.15) is 0 Å². The number of carbonyl (C=O) groups is 1. The minimum absolute atomic E-state index is 0.112. The molecule has 2 atom stereocenters. The minimum Gasteiger partial charge on any atom is -0.465 e. The number of rotatable bonds is 1. The summed E-state index contributed by atoms with van der Waals surface area (Å²) in [7, 11) is 0. The van der Waals surface area contributed by atoms with Gasteiger partial charge in [-0.1, -0.05) is 0 Å². The van der Waals surface area contributed by atoms with Gasteiger partial charge in [-0.25, -0.2) is 4.79 Å². The van der Waals surface area contributed by atoms with Crippen LogP contribution in [0.4, 0.5) is 4.79 Å². The Morgan fingerprint density at radius 3 is 2.67 bits per heavy atom. The molecule has 5 heteroatoms. The molecule has 0 bridgehead atoms. The number of amides is 1. The lowest BCUT2D eigenvalue weighted by molar-refractivity contribution is 0.0192. The second-order valence-electron chi connectivity index (χ2n) is 3.00. The summed E-state index contributed by atoms with van der Waals surface area (Å²) >= 11 is 0. The van der Waals surface area contributed by atoms with Crippen LogP contribution in [0.15, 0.2) is 0 Å². The Hall–Kier alpha value is -0.810. The van der Waals surface area contributed by atoms with E-state index in [9.17, 15) is 4.79 Å². The van der Waals surface area contributed by atoms with Crippen molar-refractivity contribution >= 4 is 6.09 Å². The Bertz CT molecular complexity index is 173. The first-order valence-corrected chi connectivity index (χ1v) is 3.93. The maximum atomic E-state index is 10.6. The van der Waals surface area contributed by atoms with Gasteiger partial charge in [0.25, 0.3) is 0 Å². The number of piperidine rings is 1. The Morgan fingerprint density at radius 1 is 1.50 bits per heavy atom. The van der Waals surface area contributed by atoms with Gasteiger partial charge in [0.05, 0.1) is 25.3 Å². The molecule has 0 aromatic heterocycles. The van der Waals surface area contributed by atoms with Gasteiger partial charge in [0.15, 0.2) is 0 Å². The van der Waals surface area contributed by atoms with E-state index in [1.54, 1.807) is 0 Å². The number of aliphatic hydroxyl groups excluding tert-OH is 2. The topological polar surface area (TPSA) is 81.0 Å². The van der Waals surface area contributed by atoms with Gasteiger partial charge >= 0.3 is 6.09 Å². The minimum atomic E-state index is -1.08. The number of hydrogen-bond donors (Lipinski definition) is 3. The average Bonchev–Trinajstić information content (AvgIpc) is 2.04. The smallest absolute Gasteiger partial charge is 0.407 e. The van der Waals surface area contributed by atoms with Crippen LogP contribution in [0.3, 0.4) is 0 Å². The van der Waals surface area contributed by atoms with Crippen LogP contribution < -0.4 is 0 Å². The summed E-state index contributed by atoms with van der Waals surface area (Å²) in [5.74, 6) is 0. The van der Waals surface area contributed by atoms with E-state index in [1.807, 2.05) is 0 Å². The van der Waals surface area contributed by atoms with Crippen LogP contribution in [-0.4, -0.2) is 51.6 Å². The van der Waals surface area contributed by atoms with Crippen molar-refractivity contribution in [1.82, 2.24) is 4.90 Å². The van der Waals surface area contributed by atoms with Gasteiger partial charge in [-0.15, -0.1) is 0 Å². The molecule has 0 radical (unpaired) electrons. The molecular weight excluding hydrogens is 162 g/mol. The fourth-order valence-corrected chi connectivity index (χ4v) is 1.43. The first-order chi connectivity index (χ1) is 5.65. The number of carboxylic acid groups (broad SMARTS) is 1. The zero-order valence-corrected chi connectivity index (χ0v) is 6.68. The molecule has 0 aromatic rings. The van der Waals surface area contributed by atoms with Gasteiger partial charge in [-0.3, -0.25) is 0 Å². The first kappa shape index (κ1) is 9.28. The van der Waals surface area contributed by atoms with Crippen molar-refractivity contribution < 1.29 is 20.1 Å². The quantitative estimate of drug-likeness (QED) is 0.501. The lowest BCUT2D eigenvalue weighted by atomic mass is 10.0. The van der Waals surface area contributed by atoms with Crippen molar-refractivity contribution in [2.75, 3.05) is 13.2 Å². The fourth-order valence-electron chi connectivity index (χ4n) is 1.43. The molecular formula is C7H13NO4. The predicted molar refractivity (Wildman–Crippen MR) is 40.8 cm³/mol. The Morgan fingerprint density at radius 2 is 2.17 bits per heavy atom. The summed E-state index contributed by atoms with van der Waals surface area (Å²) in [4.78, 5) is 11.7. The SMILES string of the molecule is O=C(O)N1CC(O)CCC1CO. The van der Waals surface area contributed by atoms with Crippen molar-refractivity contribution in [3.05, 3.63) is 0 Å². The van der Waals surface area contributed by atoms with Gasteiger partial charge in [0.1, 0.15) is 0 Å². The maximum Gasteiger partial charge on any atom is 0.407 e. The molecule has 1 aliphatic heterocycles. The number of β-amino-alcohol motifs (C(OH)–C–C–N with tert-alkyl or cyclic N) is 1. The lowest BCUT2D eigenvalue weighted by Gasteiger charge is -2.34. The van der Waals surface area contributed by atoms with Crippen molar-refractivity contribution in [2.45, 2.75) is 25.0 Å². The summed E-state index contributed by atoms with van der Waals surface area (Å²) in [5.41, 5.74) is 0. The van der Waals surface area contributed by atoms with Crippen molar-refractivity contribution in [3.8, 4) is 0 Å². The van der Waals surface area contributed by atoms with E-state index >= 15 is 0 Å². The maximum absolute atomic E-state index is 10.6. The van der Waals surface area contributed by atoms with E-state index in [1.165, 1.54) is 0 Å². The van der Waals surface area contributed by atoms with Crippen LogP contribution in [0.1, 0.15) is 12.8 Å². The molecule has 1 heterocycles. The monoisotopic (exact) mass is 175 g/mol. The van der Waals surface area contributed by atoms with E-state index in [0.717, 1.165) is 4.90 Å². The summed E-state index contributed by atoms with van der Waals surface area (Å²) in [5, 5.41) is 26.6. The molecule has 3 N–H and O–H groups in total. The molecule has 2 unspecified atom stereocenters. The van der Waals surface area contributed by atoms with Crippen molar-refractivity contribution in [1.29, 1.82) is 0 Å². The molecule has 70 valence electrons. The Labute approximate surface area is 70.2 Å². The highest BCUT2D eigenvalue weighted by molar-refractivity contribution is 5.65. The largest absolute Gasteiger partial charge is 0.465 e. The Balaban J connectivity index is 2.58. The van der Waals surface area contributed by atoms with Gasteiger partial charge in [-0.05, 0) is 12.8 Å². The third-order valence-electron chi connectivity index (χ3n) is 2.14. The van der Waals surface area contributed by atoms with Crippen LogP contribution >= 0.6 is 0 Å². The molecule has 1 aliphatic rings. The van der Waals surface area contributed by atoms with E-state index < -0.39 is 12.2 Å². The van der Waals surface area contributed by atoms with E-state index in [2.05, 4.69) is 0 Å². The van der Waals surface area contributed by atoms with Gasteiger partial charge in [0.2, 0.25) is 0 Å². The number of likely N-dealkylation sites (tertiary alicyclic amines) is 1. The number of hydrogen-bond acceptors (Lipinski definition) is 3. The van der Waals surface area contributed by atoms with Crippen LogP contribution in [0.5, 0.6) is 0 Å². The molecule has 12 heavy (non-hydrogen) atoms. The highest BCUT2D eigenvalue weighted by Crippen LogP contribution is 2.16. The highest BCUT2D eigenvalue weighted by Gasteiger charge is 2.29. The van der Waals surface area contributed by atoms with Crippen LogP contribution in [0.25, 0.3) is 0 Å². The molecule has 0 spiro atoms. The van der Waals surface area contributed by atoms with E-state index in [4.69, 9.17) is 15.3 Å². The molecule has 5 nitrogen and oxygen atoms in total. The Kier molecular flexibility index (Phi) is 2.88. The van der Waals surface area contributed by atoms with Crippen molar-refractivity contribution in [3.63, 3.8) is 0 Å². The van der Waals surface area contributed by atoms with Gasteiger partial charge in [0, 0.05) is 0 Å². The zero-order valence-electron chi connectivity index (χ0n) is 6.68. The number of aliphatic hydroxyl groups is 2. The van der Waals surface area contributed by atoms with Crippen LogP contribution in [-0.2, 0) is 0 Å². The average molecular weight is 175 g/mol. The number of nitrogens with zero attached hydrogens (tertiary/aromatic N) is 1. The lowest BCUT2D eigenvalue weighted by Crippen LogP contribution is -2.49. The molecule has 1 saturated heterocycles. The summed E-state index contributed by atoms with van der Waals surface area (Å²) in [6.07, 6.45) is -0.560. The second-order valence-corrected chi connectivity index (χ2v) is 3.00. The third-order valence-corrected chi connectivity index (χ3v) is 2.14. The standard InChI is InChI=1S/C7H13NO4/c9-4-5-1-2-6(10)3-8(5)7(11)12/h5-6,9-10H,1-4H2,(H,11,12). The molecule has 0 aliphatic carbocycles. The van der Waals surface area contributed by atoms with E-state index in [-0.39, 0.29) is 19.2 Å². The normalized spacial score (nSPS) is 30.3. The van der Waals surface area contributed by atoms with E-state index in [0.29, 0.717) is 12.8 Å².